The van der Waals surface area contributed by atoms with Crippen LogP contribution in [0.1, 0.15) is 31.9 Å². The van der Waals surface area contributed by atoms with Gasteiger partial charge in [-0.3, -0.25) is 9.88 Å². The lowest BCUT2D eigenvalue weighted by atomic mass is 9.92. The van der Waals surface area contributed by atoms with E-state index in [4.69, 9.17) is 0 Å². The molecule has 0 aliphatic carbocycles. The molecule has 1 N–H and O–H groups in total. The molecule has 3 nitrogen and oxygen atoms in total. The van der Waals surface area contributed by atoms with Crippen LogP contribution in [0, 0.1) is 17.7 Å². The second kappa shape index (κ2) is 5.17. The van der Waals surface area contributed by atoms with E-state index < -0.39 is 0 Å². The average molecular weight is 263 g/mol. The third-order valence-electron chi connectivity index (χ3n) is 4.88. The highest BCUT2D eigenvalue weighted by atomic mass is 19.1. The molecule has 2 saturated heterocycles. The van der Waals surface area contributed by atoms with Crippen LogP contribution in [0.25, 0.3) is 0 Å². The van der Waals surface area contributed by atoms with Crippen LogP contribution in [0.2, 0.25) is 0 Å². The summed E-state index contributed by atoms with van der Waals surface area (Å²) in [5.41, 5.74) is 0.992. The molecular weight excluding hydrogens is 241 g/mol. The SMILES string of the molecule is CCC1C2CNCC2CN1C(C)c1cncc(F)c1. The van der Waals surface area contributed by atoms with Crippen molar-refractivity contribution in [1.82, 2.24) is 15.2 Å². The van der Waals surface area contributed by atoms with Crippen molar-refractivity contribution < 1.29 is 4.39 Å². The van der Waals surface area contributed by atoms with Crippen molar-refractivity contribution in [3.63, 3.8) is 0 Å². The van der Waals surface area contributed by atoms with E-state index in [1.54, 1.807) is 12.3 Å². The number of likely N-dealkylation sites (tertiary alicyclic amines) is 1. The van der Waals surface area contributed by atoms with E-state index in [0.29, 0.717) is 6.04 Å². The van der Waals surface area contributed by atoms with Crippen LogP contribution in [0.5, 0.6) is 0 Å². The van der Waals surface area contributed by atoms with Crippen LogP contribution >= 0.6 is 0 Å². The van der Waals surface area contributed by atoms with Gasteiger partial charge in [-0.2, -0.15) is 0 Å². The summed E-state index contributed by atoms with van der Waals surface area (Å²) >= 11 is 0. The van der Waals surface area contributed by atoms with Gasteiger partial charge in [0.05, 0.1) is 6.20 Å². The van der Waals surface area contributed by atoms with Gasteiger partial charge in [0.1, 0.15) is 5.82 Å². The maximum absolute atomic E-state index is 13.3. The van der Waals surface area contributed by atoms with Crippen LogP contribution in [0.3, 0.4) is 0 Å². The van der Waals surface area contributed by atoms with E-state index in [2.05, 4.69) is 29.0 Å². The molecule has 1 aromatic rings. The van der Waals surface area contributed by atoms with E-state index in [0.717, 1.165) is 43.5 Å². The maximum atomic E-state index is 13.3. The molecule has 4 heteroatoms. The van der Waals surface area contributed by atoms with Crippen molar-refractivity contribution in [1.29, 1.82) is 0 Å². The lowest BCUT2D eigenvalue weighted by Gasteiger charge is -2.32. The largest absolute Gasteiger partial charge is 0.316 e. The fourth-order valence-electron chi connectivity index (χ4n) is 3.89. The Kier molecular flexibility index (Phi) is 3.54. The Morgan fingerprint density at radius 2 is 2.32 bits per heavy atom. The Balaban J connectivity index is 1.81. The van der Waals surface area contributed by atoms with E-state index in [1.165, 1.54) is 6.20 Å². The molecule has 4 atom stereocenters. The average Bonchev–Trinajstić information content (AvgIpc) is 2.97. The van der Waals surface area contributed by atoms with Crippen LogP contribution in [-0.2, 0) is 0 Å². The Morgan fingerprint density at radius 3 is 3.05 bits per heavy atom. The first kappa shape index (κ1) is 13.0. The first-order valence-corrected chi connectivity index (χ1v) is 7.27. The van der Waals surface area contributed by atoms with Crippen LogP contribution < -0.4 is 5.32 Å². The Hall–Kier alpha value is -1.00. The summed E-state index contributed by atoms with van der Waals surface area (Å²) in [6.45, 7) is 7.82. The predicted octanol–water partition coefficient (Wildman–Crippen LogP) is 2.21. The van der Waals surface area contributed by atoms with Crippen molar-refractivity contribution in [3.8, 4) is 0 Å². The molecule has 0 aromatic carbocycles. The summed E-state index contributed by atoms with van der Waals surface area (Å²) in [5.74, 6) is 1.28. The van der Waals surface area contributed by atoms with E-state index in [9.17, 15) is 4.39 Å². The molecule has 0 spiro atoms. The lowest BCUT2D eigenvalue weighted by Crippen LogP contribution is -2.37. The van der Waals surface area contributed by atoms with Gasteiger partial charge in [-0.1, -0.05) is 6.92 Å². The molecule has 104 valence electrons. The van der Waals surface area contributed by atoms with Crippen molar-refractivity contribution in [3.05, 3.63) is 29.8 Å². The Morgan fingerprint density at radius 1 is 1.47 bits per heavy atom. The highest BCUT2D eigenvalue weighted by Crippen LogP contribution is 2.39. The first-order chi connectivity index (χ1) is 9.20. The smallest absolute Gasteiger partial charge is 0.141 e. The molecule has 0 radical (unpaired) electrons. The third kappa shape index (κ3) is 2.28. The van der Waals surface area contributed by atoms with Crippen LogP contribution in [-0.4, -0.2) is 35.6 Å². The van der Waals surface area contributed by atoms with E-state index in [-0.39, 0.29) is 11.9 Å². The molecule has 2 aliphatic heterocycles. The summed E-state index contributed by atoms with van der Waals surface area (Å²) in [7, 11) is 0. The molecule has 2 aliphatic rings. The highest BCUT2D eigenvalue weighted by molar-refractivity contribution is 5.16. The van der Waals surface area contributed by atoms with Crippen LogP contribution in [0.4, 0.5) is 4.39 Å². The molecule has 19 heavy (non-hydrogen) atoms. The monoisotopic (exact) mass is 263 g/mol. The van der Waals surface area contributed by atoms with Crippen molar-refractivity contribution in [2.45, 2.75) is 32.4 Å². The molecule has 0 amide bonds. The maximum Gasteiger partial charge on any atom is 0.141 e. The third-order valence-corrected chi connectivity index (χ3v) is 4.88. The minimum absolute atomic E-state index is 0.238. The minimum Gasteiger partial charge on any atom is -0.316 e. The number of nitrogens with one attached hydrogen (secondary N) is 1. The van der Waals surface area contributed by atoms with Gasteiger partial charge in [-0.15, -0.1) is 0 Å². The molecule has 3 heterocycles. The van der Waals surface area contributed by atoms with E-state index >= 15 is 0 Å². The second-order valence-corrected chi connectivity index (χ2v) is 5.87. The minimum atomic E-state index is -0.238. The molecule has 2 fully saturated rings. The van der Waals surface area contributed by atoms with Gasteiger partial charge in [0.25, 0.3) is 0 Å². The zero-order valence-corrected chi connectivity index (χ0v) is 11.6. The van der Waals surface area contributed by atoms with Gasteiger partial charge in [-0.25, -0.2) is 4.39 Å². The van der Waals surface area contributed by atoms with Crippen molar-refractivity contribution >= 4 is 0 Å². The van der Waals surface area contributed by atoms with Crippen molar-refractivity contribution in [2.24, 2.45) is 11.8 Å². The number of hydrogen-bond acceptors (Lipinski definition) is 3. The fraction of sp³-hybridized carbons (Fsp3) is 0.667. The summed E-state index contributed by atoms with van der Waals surface area (Å²) in [6.07, 6.45) is 4.24. The Labute approximate surface area is 114 Å². The lowest BCUT2D eigenvalue weighted by molar-refractivity contribution is 0.165. The summed E-state index contributed by atoms with van der Waals surface area (Å²) in [6, 6.07) is 2.48. The van der Waals surface area contributed by atoms with Gasteiger partial charge in [-0.05, 0) is 49.9 Å². The van der Waals surface area contributed by atoms with Gasteiger partial charge < -0.3 is 5.32 Å². The van der Waals surface area contributed by atoms with Gasteiger partial charge in [0, 0.05) is 24.8 Å². The number of pyridine rings is 1. The zero-order chi connectivity index (χ0) is 13.4. The fourth-order valence-corrected chi connectivity index (χ4v) is 3.89. The van der Waals surface area contributed by atoms with Crippen molar-refractivity contribution in [2.75, 3.05) is 19.6 Å². The van der Waals surface area contributed by atoms with Crippen LogP contribution in [0.15, 0.2) is 18.5 Å². The van der Waals surface area contributed by atoms with Gasteiger partial charge >= 0.3 is 0 Å². The quantitative estimate of drug-likeness (QED) is 0.906. The zero-order valence-electron chi connectivity index (χ0n) is 11.6. The summed E-state index contributed by atoms with van der Waals surface area (Å²) in [4.78, 5) is 6.53. The second-order valence-electron chi connectivity index (χ2n) is 5.87. The number of nitrogens with zero attached hydrogens (tertiary/aromatic N) is 2. The molecule has 4 unspecified atom stereocenters. The standard InChI is InChI=1S/C15H22FN3/c1-3-15-14-8-18-6-12(14)9-19(15)10(2)11-4-13(16)7-17-5-11/h4-5,7,10,12,14-15,18H,3,6,8-9H2,1-2H3. The Bertz CT molecular complexity index is 451. The normalized spacial score (nSPS) is 32.5. The van der Waals surface area contributed by atoms with Gasteiger partial charge in [0.2, 0.25) is 0 Å². The molecule has 3 rings (SSSR count). The van der Waals surface area contributed by atoms with Gasteiger partial charge in [0.15, 0.2) is 0 Å². The molecule has 0 saturated carbocycles. The molecule has 0 bridgehead atoms. The number of aromatic nitrogens is 1. The highest BCUT2D eigenvalue weighted by Gasteiger charge is 2.44. The number of fused-ring (bicyclic) bond motifs is 1. The number of hydrogen-bond donors (Lipinski definition) is 1. The molecule has 1 aromatic heterocycles. The first-order valence-electron chi connectivity index (χ1n) is 7.27. The number of halogens is 1. The topological polar surface area (TPSA) is 28.2 Å². The molecular formula is C15H22FN3. The summed E-state index contributed by atoms with van der Waals surface area (Å²) < 4.78 is 13.3. The summed E-state index contributed by atoms with van der Waals surface area (Å²) in [5, 5.41) is 3.50. The predicted molar refractivity (Wildman–Crippen MR) is 73.2 cm³/mol. The number of rotatable bonds is 3. The van der Waals surface area contributed by atoms with E-state index in [1.807, 2.05) is 0 Å².